The van der Waals surface area contributed by atoms with Crippen LogP contribution in [0.25, 0.3) is 0 Å². The Morgan fingerprint density at radius 2 is 2.00 bits per heavy atom. The Bertz CT molecular complexity index is 533. The van der Waals surface area contributed by atoms with E-state index in [0.29, 0.717) is 24.8 Å². The molecule has 6 heteroatoms. The Kier molecular flexibility index (Phi) is 5.80. The summed E-state index contributed by atoms with van der Waals surface area (Å²) >= 11 is 5.89. The summed E-state index contributed by atoms with van der Waals surface area (Å²) in [6.45, 7) is 5.73. The highest BCUT2D eigenvalue weighted by molar-refractivity contribution is 6.30. The zero-order chi connectivity index (χ0) is 16.1. The number of halogens is 1. The predicted octanol–water partition coefficient (Wildman–Crippen LogP) is 2.03. The van der Waals surface area contributed by atoms with Gasteiger partial charge in [-0.15, -0.1) is 0 Å². The fourth-order valence-electron chi connectivity index (χ4n) is 2.60. The van der Waals surface area contributed by atoms with Gasteiger partial charge < -0.3 is 10.2 Å². The monoisotopic (exact) mass is 323 g/mol. The molecule has 1 aromatic rings. The second-order valence-electron chi connectivity index (χ2n) is 5.46. The predicted molar refractivity (Wildman–Crippen MR) is 86.5 cm³/mol. The lowest BCUT2D eigenvalue weighted by molar-refractivity contribution is -0.126. The minimum absolute atomic E-state index is 0.0367. The van der Waals surface area contributed by atoms with E-state index in [1.54, 1.807) is 4.90 Å². The average molecular weight is 324 g/mol. The van der Waals surface area contributed by atoms with Gasteiger partial charge in [-0.2, -0.15) is 0 Å². The summed E-state index contributed by atoms with van der Waals surface area (Å²) in [4.78, 5) is 27.5. The van der Waals surface area contributed by atoms with Crippen LogP contribution in [0.2, 0.25) is 5.02 Å². The molecule has 0 unspecified atom stereocenters. The molecule has 1 fully saturated rings. The van der Waals surface area contributed by atoms with E-state index in [-0.39, 0.29) is 24.4 Å². The lowest BCUT2D eigenvalue weighted by atomic mass is 10.0. The Balaban J connectivity index is 1.90. The standard InChI is InChI=1S/C16H22ClN3O2/c1-3-14(12-5-7-13(17)8-6-12)18-15(21)9-19-10-16(22)20(4-2)11-19/h5-8,14H,3-4,9-11H2,1-2H3,(H,18,21)/t14-/m0/s1. The van der Waals surface area contributed by atoms with Crippen LogP contribution >= 0.6 is 11.6 Å². The van der Waals surface area contributed by atoms with Gasteiger partial charge in [-0.25, -0.2) is 0 Å². The van der Waals surface area contributed by atoms with Crippen molar-refractivity contribution in [3.05, 3.63) is 34.9 Å². The van der Waals surface area contributed by atoms with Crippen LogP contribution < -0.4 is 5.32 Å². The summed E-state index contributed by atoms with van der Waals surface area (Å²) in [6.07, 6.45) is 0.799. The molecule has 1 aromatic carbocycles. The zero-order valence-electron chi connectivity index (χ0n) is 13.0. The first-order valence-electron chi connectivity index (χ1n) is 7.58. The van der Waals surface area contributed by atoms with E-state index in [9.17, 15) is 9.59 Å². The van der Waals surface area contributed by atoms with Crippen molar-refractivity contribution in [2.75, 3.05) is 26.3 Å². The molecule has 0 spiro atoms. The number of rotatable bonds is 6. The first-order valence-corrected chi connectivity index (χ1v) is 7.96. The Labute approximate surface area is 136 Å². The lowest BCUT2D eigenvalue weighted by Gasteiger charge is -2.20. The van der Waals surface area contributed by atoms with E-state index < -0.39 is 0 Å². The number of hydrogen-bond donors (Lipinski definition) is 1. The van der Waals surface area contributed by atoms with Gasteiger partial charge in [0.05, 0.1) is 25.8 Å². The average Bonchev–Trinajstić information content (AvgIpc) is 2.85. The molecule has 0 aromatic heterocycles. The summed E-state index contributed by atoms with van der Waals surface area (Å²) in [6, 6.07) is 7.46. The molecule has 5 nitrogen and oxygen atoms in total. The molecule has 1 atom stereocenters. The number of carbonyl (C=O) groups is 2. The molecular weight excluding hydrogens is 302 g/mol. The van der Waals surface area contributed by atoms with E-state index in [1.165, 1.54) is 0 Å². The molecule has 1 aliphatic heterocycles. The summed E-state index contributed by atoms with van der Waals surface area (Å²) in [5, 5.41) is 3.70. The van der Waals surface area contributed by atoms with Gasteiger partial charge in [0.1, 0.15) is 0 Å². The third kappa shape index (κ3) is 4.21. The maximum Gasteiger partial charge on any atom is 0.237 e. The van der Waals surface area contributed by atoms with Crippen molar-refractivity contribution < 1.29 is 9.59 Å². The van der Waals surface area contributed by atoms with Gasteiger partial charge >= 0.3 is 0 Å². The van der Waals surface area contributed by atoms with Gasteiger partial charge in [-0.05, 0) is 31.0 Å². The molecule has 1 saturated heterocycles. The normalized spacial score (nSPS) is 16.9. The highest BCUT2D eigenvalue weighted by atomic mass is 35.5. The van der Waals surface area contributed by atoms with E-state index in [2.05, 4.69) is 5.32 Å². The molecule has 1 N–H and O–H groups in total. The van der Waals surface area contributed by atoms with Crippen LogP contribution in [0, 0.1) is 0 Å². The highest BCUT2D eigenvalue weighted by Gasteiger charge is 2.27. The maximum atomic E-state index is 12.2. The van der Waals surface area contributed by atoms with Gasteiger partial charge in [0.2, 0.25) is 11.8 Å². The molecule has 0 radical (unpaired) electrons. The Morgan fingerprint density at radius 1 is 1.32 bits per heavy atom. The van der Waals surface area contributed by atoms with Crippen molar-refractivity contribution >= 4 is 23.4 Å². The molecule has 22 heavy (non-hydrogen) atoms. The number of carbonyl (C=O) groups excluding carboxylic acids is 2. The summed E-state index contributed by atoms with van der Waals surface area (Å²) in [7, 11) is 0. The number of nitrogens with one attached hydrogen (secondary N) is 1. The second-order valence-corrected chi connectivity index (χ2v) is 5.89. The summed E-state index contributed by atoms with van der Waals surface area (Å²) in [5.74, 6) is 0.0209. The van der Waals surface area contributed by atoms with Crippen molar-refractivity contribution in [1.82, 2.24) is 15.1 Å². The number of benzene rings is 1. The van der Waals surface area contributed by atoms with Crippen molar-refractivity contribution in [2.24, 2.45) is 0 Å². The summed E-state index contributed by atoms with van der Waals surface area (Å²) in [5.41, 5.74) is 1.04. The van der Waals surface area contributed by atoms with Crippen molar-refractivity contribution in [1.29, 1.82) is 0 Å². The van der Waals surface area contributed by atoms with Crippen LogP contribution in [0.4, 0.5) is 0 Å². The fourth-order valence-corrected chi connectivity index (χ4v) is 2.73. The van der Waals surface area contributed by atoms with Gasteiger partial charge in [0, 0.05) is 11.6 Å². The van der Waals surface area contributed by atoms with Gasteiger partial charge in [0.25, 0.3) is 0 Å². The van der Waals surface area contributed by atoms with Crippen LogP contribution in [0.5, 0.6) is 0 Å². The van der Waals surface area contributed by atoms with Gasteiger partial charge in [0.15, 0.2) is 0 Å². The van der Waals surface area contributed by atoms with Gasteiger partial charge in [-0.3, -0.25) is 14.5 Å². The number of hydrogen-bond acceptors (Lipinski definition) is 3. The largest absolute Gasteiger partial charge is 0.348 e. The molecule has 0 aliphatic carbocycles. The molecule has 0 bridgehead atoms. The maximum absolute atomic E-state index is 12.2. The Hall–Kier alpha value is -1.59. The van der Waals surface area contributed by atoms with Crippen molar-refractivity contribution in [2.45, 2.75) is 26.3 Å². The number of nitrogens with zero attached hydrogens (tertiary/aromatic N) is 2. The third-order valence-electron chi connectivity index (χ3n) is 3.85. The molecule has 1 aliphatic rings. The van der Waals surface area contributed by atoms with Crippen LogP contribution in [-0.4, -0.2) is 47.9 Å². The summed E-state index contributed by atoms with van der Waals surface area (Å²) < 4.78 is 0. The van der Waals surface area contributed by atoms with Crippen LogP contribution in [0.3, 0.4) is 0 Å². The van der Waals surface area contributed by atoms with Crippen molar-refractivity contribution in [3.63, 3.8) is 0 Å². The highest BCUT2D eigenvalue weighted by Crippen LogP contribution is 2.19. The fraction of sp³-hybridized carbons (Fsp3) is 0.500. The minimum atomic E-state index is -0.0625. The van der Waals surface area contributed by atoms with Crippen LogP contribution in [0.1, 0.15) is 31.9 Å². The molecule has 1 heterocycles. The molecule has 2 rings (SSSR count). The van der Waals surface area contributed by atoms with E-state index >= 15 is 0 Å². The quantitative estimate of drug-likeness (QED) is 0.871. The zero-order valence-corrected chi connectivity index (χ0v) is 13.8. The molecule has 2 amide bonds. The first kappa shape index (κ1) is 16.8. The van der Waals surface area contributed by atoms with Crippen LogP contribution in [-0.2, 0) is 9.59 Å². The molecule has 0 saturated carbocycles. The van der Waals surface area contributed by atoms with E-state index in [0.717, 1.165) is 12.0 Å². The topological polar surface area (TPSA) is 52.7 Å². The van der Waals surface area contributed by atoms with E-state index in [4.69, 9.17) is 11.6 Å². The Morgan fingerprint density at radius 3 is 2.55 bits per heavy atom. The molecular formula is C16H22ClN3O2. The molecule has 120 valence electrons. The van der Waals surface area contributed by atoms with Crippen molar-refractivity contribution in [3.8, 4) is 0 Å². The smallest absolute Gasteiger partial charge is 0.237 e. The minimum Gasteiger partial charge on any atom is -0.348 e. The third-order valence-corrected chi connectivity index (χ3v) is 4.10. The van der Waals surface area contributed by atoms with Gasteiger partial charge in [-0.1, -0.05) is 30.7 Å². The SMILES string of the molecule is CC[C@H](NC(=O)CN1CC(=O)N(CC)C1)c1ccc(Cl)cc1. The number of likely N-dealkylation sites (N-methyl/N-ethyl adjacent to an activating group) is 1. The van der Waals surface area contributed by atoms with E-state index in [1.807, 2.05) is 43.0 Å². The number of amides is 2. The lowest BCUT2D eigenvalue weighted by Crippen LogP contribution is -2.38. The van der Waals surface area contributed by atoms with Crippen LogP contribution in [0.15, 0.2) is 24.3 Å². The second kappa shape index (κ2) is 7.61. The first-order chi connectivity index (χ1) is 10.5.